The predicted octanol–water partition coefficient (Wildman–Crippen LogP) is 1.20. The van der Waals surface area contributed by atoms with Crippen molar-refractivity contribution in [2.45, 2.75) is 25.2 Å². The van der Waals surface area contributed by atoms with Crippen molar-refractivity contribution in [3.8, 4) is 0 Å². The van der Waals surface area contributed by atoms with Crippen LogP contribution in [0.15, 0.2) is 18.3 Å². The average molecular weight is 314 g/mol. The fourth-order valence-electron chi connectivity index (χ4n) is 2.12. The van der Waals surface area contributed by atoms with Crippen LogP contribution in [0.1, 0.15) is 30.5 Å². The van der Waals surface area contributed by atoms with Crippen LogP contribution < -0.4 is 4.90 Å². The molecule has 2 aromatic rings. The second-order valence-electron chi connectivity index (χ2n) is 5.13. The minimum absolute atomic E-state index is 0.0455. The highest BCUT2D eigenvalue weighted by Gasteiger charge is 2.34. The largest absolute Gasteiger partial charge is 0.435 e. The van der Waals surface area contributed by atoms with E-state index in [0.717, 1.165) is 6.07 Å². The first-order valence-corrected chi connectivity index (χ1v) is 6.60. The molecule has 1 aliphatic rings. The summed E-state index contributed by atoms with van der Waals surface area (Å²) in [5.41, 5.74) is -0.529. The highest BCUT2D eigenvalue weighted by Crippen LogP contribution is 2.30. The molecular formula is C12H13F3N6O. The van der Waals surface area contributed by atoms with E-state index in [0.29, 0.717) is 24.6 Å². The molecule has 0 aliphatic carbocycles. The lowest BCUT2D eigenvalue weighted by Gasteiger charge is -2.39. The average Bonchev–Trinajstić information content (AvgIpc) is 2.86. The summed E-state index contributed by atoms with van der Waals surface area (Å²) in [5.74, 6) is 0.389. The third kappa shape index (κ3) is 2.73. The minimum Gasteiger partial charge on any atom is -0.387 e. The molecule has 1 atom stereocenters. The Kier molecular flexibility index (Phi) is 3.47. The van der Waals surface area contributed by atoms with E-state index >= 15 is 0 Å². The van der Waals surface area contributed by atoms with Crippen molar-refractivity contribution in [1.82, 2.24) is 25.2 Å². The summed E-state index contributed by atoms with van der Waals surface area (Å²) in [5, 5.41) is 24.0. The van der Waals surface area contributed by atoms with Crippen LogP contribution >= 0.6 is 0 Å². The van der Waals surface area contributed by atoms with E-state index in [1.807, 2.05) is 0 Å². The first-order valence-electron chi connectivity index (χ1n) is 6.60. The van der Waals surface area contributed by atoms with Crippen LogP contribution in [0.3, 0.4) is 0 Å². The second kappa shape index (κ2) is 5.20. The predicted molar refractivity (Wildman–Crippen MR) is 68.9 cm³/mol. The van der Waals surface area contributed by atoms with Crippen molar-refractivity contribution < 1.29 is 18.3 Å². The highest BCUT2D eigenvalue weighted by molar-refractivity contribution is 5.41. The number of aromatic nitrogens is 5. The smallest absolute Gasteiger partial charge is 0.387 e. The molecular weight excluding hydrogens is 301 g/mol. The molecule has 3 heterocycles. The fourth-order valence-corrected chi connectivity index (χ4v) is 2.12. The zero-order chi connectivity index (χ0) is 15.9. The van der Waals surface area contributed by atoms with Gasteiger partial charge < -0.3 is 10.0 Å². The number of alkyl halides is 3. The molecule has 7 nitrogen and oxygen atoms in total. The second-order valence-corrected chi connectivity index (χ2v) is 5.13. The zero-order valence-corrected chi connectivity index (χ0v) is 11.6. The van der Waals surface area contributed by atoms with E-state index in [2.05, 4.69) is 20.5 Å². The number of aliphatic hydroxyl groups is 1. The standard InChI is InChI=1S/C12H13F3N6O/c1-7(22)9-6-21(19-16-9)8-4-20(5-8)11-3-2-10(17-18-11)12(13,14)15/h2-3,6-8,22H,4-5H2,1H3. The lowest BCUT2D eigenvalue weighted by atomic mass is 10.1. The van der Waals surface area contributed by atoms with Crippen molar-refractivity contribution in [3.05, 3.63) is 29.7 Å². The highest BCUT2D eigenvalue weighted by atomic mass is 19.4. The molecule has 1 N–H and O–H groups in total. The van der Waals surface area contributed by atoms with Gasteiger partial charge in [0, 0.05) is 13.1 Å². The van der Waals surface area contributed by atoms with E-state index in [4.69, 9.17) is 0 Å². The van der Waals surface area contributed by atoms with Gasteiger partial charge in [-0.2, -0.15) is 13.2 Å². The molecule has 2 aromatic heterocycles. The Bertz CT molecular complexity index is 648. The number of hydrogen-bond donors (Lipinski definition) is 1. The summed E-state index contributed by atoms with van der Waals surface area (Å²) in [6.45, 7) is 2.69. The van der Waals surface area contributed by atoms with Gasteiger partial charge in [0.1, 0.15) is 5.69 Å². The van der Waals surface area contributed by atoms with Gasteiger partial charge in [0.25, 0.3) is 0 Å². The Hall–Kier alpha value is -2.23. The molecule has 0 amide bonds. The summed E-state index contributed by atoms with van der Waals surface area (Å²) in [4.78, 5) is 1.79. The Morgan fingerprint density at radius 1 is 1.23 bits per heavy atom. The van der Waals surface area contributed by atoms with Crippen molar-refractivity contribution in [2.75, 3.05) is 18.0 Å². The van der Waals surface area contributed by atoms with E-state index in [1.54, 1.807) is 22.7 Å². The van der Waals surface area contributed by atoms with Gasteiger partial charge in [-0.1, -0.05) is 5.21 Å². The summed E-state index contributed by atoms with van der Waals surface area (Å²) < 4.78 is 38.9. The van der Waals surface area contributed by atoms with Crippen LogP contribution in [0.4, 0.5) is 19.0 Å². The van der Waals surface area contributed by atoms with Gasteiger partial charge in [0.15, 0.2) is 11.5 Å². The van der Waals surface area contributed by atoms with Crippen LogP contribution in [0.5, 0.6) is 0 Å². The van der Waals surface area contributed by atoms with Crippen molar-refractivity contribution in [1.29, 1.82) is 0 Å². The number of nitrogens with zero attached hydrogens (tertiary/aromatic N) is 6. The van der Waals surface area contributed by atoms with Gasteiger partial charge in [-0.15, -0.1) is 15.3 Å². The van der Waals surface area contributed by atoms with E-state index in [1.165, 1.54) is 6.07 Å². The Labute approximate surface area is 123 Å². The zero-order valence-electron chi connectivity index (χ0n) is 11.6. The molecule has 118 valence electrons. The van der Waals surface area contributed by atoms with Gasteiger partial charge in [0.05, 0.1) is 18.3 Å². The molecule has 0 bridgehead atoms. The Morgan fingerprint density at radius 2 is 1.95 bits per heavy atom. The number of rotatable bonds is 3. The van der Waals surface area contributed by atoms with Crippen LogP contribution in [-0.4, -0.2) is 43.4 Å². The molecule has 0 spiro atoms. The first-order chi connectivity index (χ1) is 10.3. The molecule has 0 radical (unpaired) electrons. The minimum atomic E-state index is -4.48. The Morgan fingerprint density at radius 3 is 2.45 bits per heavy atom. The van der Waals surface area contributed by atoms with Gasteiger partial charge >= 0.3 is 6.18 Å². The third-order valence-corrected chi connectivity index (χ3v) is 3.46. The molecule has 0 aromatic carbocycles. The molecule has 1 aliphatic heterocycles. The van der Waals surface area contributed by atoms with Crippen LogP contribution in [0.25, 0.3) is 0 Å². The number of aliphatic hydroxyl groups excluding tert-OH is 1. The van der Waals surface area contributed by atoms with Gasteiger partial charge in [-0.25, -0.2) is 4.68 Å². The lowest BCUT2D eigenvalue weighted by molar-refractivity contribution is -0.141. The molecule has 1 unspecified atom stereocenters. The van der Waals surface area contributed by atoms with Crippen LogP contribution in [0.2, 0.25) is 0 Å². The van der Waals surface area contributed by atoms with Gasteiger partial charge in [-0.3, -0.25) is 0 Å². The molecule has 22 heavy (non-hydrogen) atoms. The third-order valence-electron chi connectivity index (χ3n) is 3.46. The maximum absolute atomic E-state index is 12.4. The summed E-state index contributed by atoms with van der Waals surface area (Å²) in [6.07, 6.45) is -3.52. The molecule has 0 saturated carbocycles. The Balaban J connectivity index is 1.63. The number of hydrogen-bond acceptors (Lipinski definition) is 6. The number of halogens is 3. The van der Waals surface area contributed by atoms with Gasteiger partial charge in [-0.05, 0) is 19.1 Å². The molecule has 1 fully saturated rings. The topological polar surface area (TPSA) is 80.0 Å². The van der Waals surface area contributed by atoms with E-state index in [9.17, 15) is 18.3 Å². The molecule has 1 saturated heterocycles. The van der Waals surface area contributed by atoms with Crippen LogP contribution in [-0.2, 0) is 6.18 Å². The first kappa shape index (κ1) is 14.7. The molecule has 3 rings (SSSR count). The van der Waals surface area contributed by atoms with Gasteiger partial charge in [0.2, 0.25) is 0 Å². The quantitative estimate of drug-likeness (QED) is 0.917. The fraction of sp³-hybridized carbons (Fsp3) is 0.500. The monoisotopic (exact) mass is 314 g/mol. The van der Waals surface area contributed by atoms with Crippen molar-refractivity contribution in [2.24, 2.45) is 0 Å². The summed E-state index contributed by atoms with van der Waals surface area (Å²) >= 11 is 0. The lowest BCUT2D eigenvalue weighted by Crippen LogP contribution is -2.48. The maximum Gasteiger partial charge on any atom is 0.435 e. The summed E-state index contributed by atoms with van der Waals surface area (Å²) in [6, 6.07) is 2.26. The summed E-state index contributed by atoms with van der Waals surface area (Å²) in [7, 11) is 0. The van der Waals surface area contributed by atoms with Crippen molar-refractivity contribution in [3.63, 3.8) is 0 Å². The SMILES string of the molecule is CC(O)c1cn(C2CN(c3ccc(C(F)(F)F)nn3)C2)nn1. The number of anilines is 1. The van der Waals surface area contributed by atoms with Crippen LogP contribution in [0, 0.1) is 0 Å². The normalized spacial score (nSPS) is 17.4. The van der Waals surface area contributed by atoms with Crippen molar-refractivity contribution >= 4 is 5.82 Å². The maximum atomic E-state index is 12.4. The molecule has 10 heteroatoms. The van der Waals surface area contributed by atoms with E-state index in [-0.39, 0.29) is 6.04 Å². The van der Waals surface area contributed by atoms with E-state index < -0.39 is 18.0 Å².